The van der Waals surface area contributed by atoms with Crippen LogP contribution in [0.25, 0.3) is 22.2 Å². The lowest BCUT2D eigenvalue weighted by Crippen LogP contribution is -2.13. The molecule has 0 radical (unpaired) electrons. The molecule has 2 aromatic carbocycles. The third kappa shape index (κ3) is 4.92. The second-order valence-electron chi connectivity index (χ2n) is 7.47. The molecule has 3 N–H and O–H groups in total. The number of rotatable bonds is 9. The van der Waals surface area contributed by atoms with E-state index in [1.807, 2.05) is 42.5 Å². The van der Waals surface area contributed by atoms with Crippen LogP contribution in [0.1, 0.15) is 20.3 Å². The highest BCUT2D eigenvalue weighted by molar-refractivity contribution is 6.01. The number of aryl methyl sites for hydroxylation is 2. The van der Waals surface area contributed by atoms with Crippen molar-refractivity contribution >= 4 is 28.4 Å². The van der Waals surface area contributed by atoms with E-state index in [2.05, 4.69) is 26.9 Å². The molecule has 0 fully saturated rings. The van der Waals surface area contributed by atoms with Crippen molar-refractivity contribution in [3.63, 3.8) is 0 Å². The lowest BCUT2D eigenvalue weighted by atomic mass is 10.1. The highest BCUT2D eigenvalue weighted by atomic mass is 16.5. The van der Waals surface area contributed by atoms with Gasteiger partial charge < -0.3 is 19.8 Å². The Labute approximate surface area is 192 Å². The zero-order valence-electron chi connectivity index (χ0n) is 18.8. The molecule has 0 aliphatic carbocycles. The van der Waals surface area contributed by atoms with Crippen molar-refractivity contribution < 1.29 is 14.3 Å². The Hall–Kier alpha value is -4.01. The smallest absolute Gasteiger partial charge is 0.411 e. The number of ether oxygens (including phenoxy) is 2. The molecule has 0 unspecified atom stereocenters. The van der Waals surface area contributed by atoms with Crippen molar-refractivity contribution in [2.45, 2.75) is 33.4 Å². The van der Waals surface area contributed by atoms with E-state index in [1.165, 1.54) is 6.33 Å². The minimum atomic E-state index is -0.471. The molecule has 9 heteroatoms. The van der Waals surface area contributed by atoms with Crippen LogP contribution in [0, 0.1) is 0 Å². The van der Waals surface area contributed by atoms with E-state index in [1.54, 1.807) is 17.9 Å². The molecule has 0 aliphatic heterocycles. The molecular weight excluding hydrogens is 420 g/mol. The quantitative estimate of drug-likeness (QED) is 0.364. The molecule has 4 aromatic rings. The largest absolute Gasteiger partial charge is 0.493 e. The van der Waals surface area contributed by atoms with E-state index in [0.29, 0.717) is 18.9 Å². The first-order valence-electron chi connectivity index (χ1n) is 11.0. The van der Waals surface area contributed by atoms with Gasteiger partial charge >= 0.3 is 6.09 Å². The maximum Gasteiger partial charge on any atom is 0.411 e. The second kappa shape index (κ2) is 10.1. The summed E-state index contributed by atoms with van der Waals surface area (Å²) in [6, 6.07) is 13.6. The summed E-state index contributed by atoms with van der Waals surface area (Å²) in [6.07, 6.45) is 3.58. The number of hydrogen-bond acceptors (Lipinski definition) is 6. The Morgan fingerprint density at radius 1 is 1.15 bits per heavy atom. The third-order valence-corrected chi connectivity index (χ3v) is 5.34. The minimum absolute atomic E-state index is 0.324. The number of amides is 1. The van der Waals surface area contributed by atoms with Crippen LogP contribution in [-0.4, -0.2) is 38.6 Å². The van der Waals surface area contributed by atoms with E-state index >= 15 is 0 Å². The van der Waals surface area contributed by atoms with Gasteiger partial charge in [0.05, 0.1) is 30.1 Å². The Balaban J connectivity index is 1.53. The van der Waals surface area contributed by atoms with Gasteiger partial charge in [-0.1, -0.05) is 12.1 Å². The van der Waals surface area contributed by atoms with Crippen LogP contribution in [0.5, 0.6) is 5.75 Å². The van der Waals surface area contributed by atoms with Crippen molar-refractivity contribution in [3.05, 3.63) is 55.1 Å². The van der Waals surface area contributed by atoms with Gasteiger partial charge in [0, 0.05) is 42.2 Å². The summed E-state index contributed by atoms with van der Waals surface area (Å²) in [5, 5.41) is 7.79. The molecule has 0 saturated carbocycles. The molecule has 0 aliphatic rings. The summed E-state index contributed by atoms with van der Waals surface area (Å²) >= 11 is 0. The zero-order valence-corrected chi connectivity index (χ0v) is 18.8. The average Bonchev–Trinajstić information content (AvgIpc) is 3.43. The van der Waals surface area contributed by atoms with E-state index in [4.69, 9.17) is 15.2 Å². The first-order chi connectivity index (χ1) is 16.1. The Kier molecular flexibility index (Phi) is 6.77. The van der Waals surface area contributed by atoms with Gasteiger partial charge in [0.1, 0.15) is 18.4 Å². The standard InChI is InChI=1S/C24H28N6O3/c1-3-30-21-14-19(33-13-5-12-29-16-26-15-27-29)10-11-20(21)22(25)23(30)17-6-8-18(9-7-17)28-24(31)32-4-2/h6-11,14-16H,3-5,12-13,25H2,1-2H3,(H,28,31). The number of carbonyl (C=O) groups excluding carboxylic acids is 1. The maximum atomic E-state index is 11.6. The fourth-order valence-electron chi connectivity index (χ4n) is 3.85. The van der Waals surface area contributed by atoms with Gasteiger partial charge in [-0.3, -0.25) is 10.00 Å². The van der Waals surface area contributed by atoms with Crippen LogP contribution < -0.4 is 15.8 Å². The lowest BCUT2D eigenvalue weighted by Gasteiger charge is -2.11. The molecule has 1 amide bonds. The molecule has 0 bridgehead atoms. The first-order valence-corrected chi connectivity index (χ1v) is 11.0. The summed E-state index contributed by atoms with van der Waals surface area (Å²) in [6.45, 7) is 6.27. The Morgan fingerprint density at radius 2 is 1.97 bits per heavy atom. The molecular formula is C24H28N6O3. The average molecular weight is 449 g/mol. The van der Waals surface area contributed by atoms with Gasteiger partial charge in [-0.15, -0.1) is 0 Å². The van der Waals surface area contributed by atoms with Gasteiger partial charge in [-0.2, -0.15) is 5.10 Å². The van der Waals surface area contributed by atoms with Gasteiger partial charge in [-0.25, -0.2) is 9.78 Å². The normalized spacial score (nSPS) is 11.0. The first kappa shape index (κ1) is 22.2. The number of nitrogens with one attached hydrogen (secondary N) is 1. The number of nitrogens with two attached hydrogens (primary N) is 1. The summed E-state index contributed by atoms with van der Waals surface area (Å²) < 4.78 is 14.9. The van der Waals surface area contributed by atoms with E-state index < -0.39 is 6.09 Å². The highest BCUT2D eigenvalue weighted by Gasteiger charge is 2.17. The van der Waals surface area contributed by atoms with Gasteiger partial charge in [0.15, 0.2) is 0 Å². The predicted molar refractivity (Wildman–Crippen MR) is 128 cm³/mol. The van der Waals surface area contributed by atoms with E-state index in [0.717, 1.165) is 53.1 Å². The van der Waals surface area contributed by atoms with Crippen molar-refractivity contribution in [1.29, 1.82) is 0 Å². The Bertz CT molecular complexity index is 1220. The molecule has 33 heavy (non-hydrogen) atoms. The molecule has 0 spiro atoms. The van der Waals surface area contributed by atoms with Crippen LogP contribution in [0.4, 0.5) is 16.2 Å². The molecule has 2 aromatic heterocycles. The number of nitrogen functional groups attached to an aromatic ring is 1. The molecule has 4 rings (SSSR count). The number of aromatic nitrogens is 4. The van der Waals surface area contributed by atoms with Gasteiger partial charge in [0.25, 0.3) is 0 Å². The summed E-state index contributed by atoms with van der Waals surface area (Å²) in [7, 11) is 0. The number of nitrogens with zero attached hydrogens (tertiary/aromatic N) is 4. The van der Waals surface area contributed by atoms with Crippen molar-refractivity contribution in [3.8, 4) is 17.0 Å². The number of carbonyl (C=O) groups is 1. The van der Waals surface area contributed by atoms with Crippen LogP contribution in [0.15, 0.2) is 55.1 Å². The molecule has 172 valence electrons. The van der Waals surface area contributed by atoms with Crippen molar-refractivity contribution in [1.82, 2.24) is 19.3 Å². The van der Waals surface area contributed by atoms with E-state index in [-0.39, 0.29) is 0 Å². The van der Waals surface area contributed by atoms with E-state index in [9.17, 15) is 4.79 Å². The minimum Gasteiger partial charge on any atom is -0.493 e. The molecule has 2 heterocycles. The van der Waals surface area contributed by atoms with Gasteiger partial charge in [-0.05, 0) is 38.1 Å². The molecule has 9 nitrogen and oxygen atoms in total. The zero-order chi connectivity index (χ0) is 23.2. The molecule has 0 saturated heterocycles. The third-order valence-electron chi connectivity index (χ3n) is 5.34. The fraction of sp³-hybridized carbons (Fsp3) is 0.292. The monoisotopic (exact) mass is 448 g/mol. The predicted octanol–water partition coefficient (Wildman–Crippen LogP) is 4.54. The fourth-order valence-corrected chi connectivity index (χ4v) is 3.85. The summed E-state index contributed by atoms with van der Waals surface area (Å²) in [4.78, 5) is 15.6. The maximum absolute atomic E-state index is 11.6. The van der Waals surface area contributed by atoms with Crippen LogP contribution >= 0.6 is 0 Å². The molecule has 0 atom stereocenters. The summed E-state index contributed by atoms with van der Waals surface area (Å²) in [5.41, 5.74) is 10.9. The van der Waals surface area contributed by atoms with Crippen LogP contribution in [0.3, 0.4) is 0 Å². The number of fused-ring (bicyclic) bond motifs is 1. The van der Waals surface area contributed by atoms with Crippen LogP contribution in [0.2, 0.25) is 0 Å². The summed E-state index contributed by atoms with van der Waals surface area (Å²) in [5.74, 6) is 0.800. The SMILES string of the molecule is CCOC(=O)Nc1ccc(-c2c(N)c3ccc(OCCCn4cncn4)cc3n2CC)cc1. The van der Waals surface area contributed by atoms with Crippen molar-refractivity contribution in [2.24, 2.45) is 0 Å². The highest BCUT2D eigenvalue weighted by Crippen LogP contribution is 2.38. The number of benzene rings is 2. The Morgan fingerprint density at radius 3 is 2.67 bits per heavy atom. The van der Waals surface area contributed by atoms with Gasteiger partial charge in [0.2, 0.25) is 0 Å². The second-order valence-corrected chi connectivity index (χ2v) is 7.47. The topological polar surface area (TPSA) is 109 Å². The number of hydrogen-bond donors (Lipinski definition) is 2. The van der Waals surface area contributed by atoms with Crippen LogP contribution in [-0.2, 0) is 17.8 Å². The lowest BCUT2D eigenvalue weighted by molar-refractivity contribution is 0.168. The van der Waals surface area contributed by atoms with Crippen molar-refractivity contribution in [2.75, 3.05) is 24.3 Å². The number of anilines is 2.